The maximum atomic E-state index is 17.6. The fraction of sp³-hybridized carbons (Fsp3) is 0.594. The van der Waals surface area contributed by atoms with Gasteiger partial charge in [0.15, 0.2) is 17.1 Å². The van der Waals surface area contributed by atoms with Gasteiger partial charge in [-0.2, -0.15) is 8.42 Å². The fourth-order valence-electron chi connectivity index (χ4n) is 8.65. The van der Waals surface area contributed by atoms with Gasteiger partial charge in [-0.15, -0.1) is 0 Å². The molecule has 9 nitrogen and oxygen atoms in total. The molecular weight excluding hydrogens is 634 g/mol. The Bertz CT molecular complexity index is 1560. The minimum Gasteiger partial charge on any atom is -0.434 e. The Morgan fingerprint density at radius 2 is 1.80 bits per heavy atom. The van der Waals surface area contributed by atoms with E-state index in [0.717, 1.165) is 12.2 Å². The number of aliphatic hydroxyl groups excluding tert-OH is 1. The van der Waals surface area contributed by atoms with Crippen LogP contribution < -0.4 is 0 Å². The van der Waals surface area contributed by atoms with Crippen LogP contribution in [0.1, 0.15) is 53.4 Å². The zero-order valence-corrected chi connectivity index (χ0v) is 27.0. The lowest BCUT2D eigenvalue weighted by Crippen LogP contribution is -2.71. The van der Waals surface area contributed by atoms with Crippen molar-refractivity contribution in [3.63, 3.8) is 0 Å². The molecule has 0 aromatic heterocycles. The number of carbonyl (C=O) groups excluding carboxylic acids is 3. The van der Waals surface area contributed by atoms with Crippen molar-refractivity contribution in [1.29, 1.82) is 0 Å². The molecule has 9 atom stereocenters. The molecule has 0 bridgehead atoms. The number of benzene rings is 1. The summed E-state index contributed by atoms with van der Waals surface area (Å²) < 4.78 is 75.6. The summed E-state index contributed by atoms with van der Waals surface area (Å²) >= 11 is 5.86. The van der Waals surface area contributed by atoms with Crippen molar-refractivity contribution < 1.29 is 50.3 Å². The zero-order valence-electron chi connectivity index (χ0n) is 25.4. The number of alkyl halides is 2. The second-order valence-corrected chi connectivity index (χ2v) is 15.1. The summed E-state index contributed by atoms with van der Waals surface area (Å²) in [5, 5.41) is 12.0. The molecule has 246 valence electrons. The molecule has 0 unspecified atom stereocenters. The highest BCUT2D eigenvalue weighted by molar-refractivity contribution is 7.86. The van der Waals surface area contributed by atoms with Crippen LogP contribution in [0.3, 0.4) is 0 Å². The summed E-state index contributed by atoms with van der Waals surface area (Å²) in [5.41, 5.74) is -7.75. The van der Waals surface area contributed by atoms with Gasteiger partial charge in [0.2, 0.25) is 5.78 Å². The summed E-state index contributed by atoms with van der Waals surface area (Å²) in [6.07, 6.45) is -1.38. The van der Waals surface area contributed by atoms with Gasteiger partial charge in [0.1, 0.15) is 12.8 Å². The number of allylic oxidation sites excluding steroid dienone is 4. The van der Waals surface area contributed by atoms with Gasteiger partial charge in [-0.1, -0.05) is 38.4 Å². The molecule has 1 aromatic carbocycles. The highest BCUT2D eigenvalue weighted by Gasteiger charge is 2.78. The van der Waals surface area contributed by atoms with E-state index in [0.29, 0.717) is 6.42 Å². The van der Waals surface area contributed by atoms with Crippen molar-refractivity contribution in [3.05, 3.63) is 53.1 Å². The quantitative estimate of drug-likeness (QED) is 0.282. The van der Waals surface area contributed by atoms with E-state index in [1.54, 1.807) is 20.8 Å². The van der Waals surface area contributed by atoms with E-state index in [-0.39, 0.29) is 34.9 Å². The minimum atomic E-state index is -4.46. The van der Waals surface area contributed by atoms with Crippen LogP contribution in [0, 0.1) is 28.6 Å². The lowest BCUT2D eigenvalue weighted by atomic mass is 9.44. The van der Waals surface area contributed by atoms with E-state index >= 15 is 8.78 Å². The molecule has 13 heteroatoms. The topological polar surface area (TPSA) is 133 Å². The average Bonchev–Trinajstić information content (AvgIpc) is 3.19. The number of carbonyl (C=O) groups is 3. The number of aliphatic hydroxyl groups is 1. The van der Waals surface area contributed by atoms with Crippen LogP contribution in [0.15, 0.2) is 53.0 Å². The molecule has 4 aliphatic rings. The molecular formula is C32H37ClF2O9S. The number of fused-ring (bicyclic) bond motifs is 5. The van der Waals surface area contributed by atoms with Crippen LogP contribution in [-0.2, 0) is 33.4 Å². The van der Waals surface area contributed by atoms with Crippen LogP contribution in [0.5, 0.6) is 0 Å². The Morgan fingerprint density at radius 1 is 1.13 bits per heavy atom. The van der Waals surface area contributed by atoms with E-state index in [2.05, 4.69) is 0 Å². The monoisotopic (exact) mass is 670 g/mol. The summed E-state index contributed by atoms with van der Waals surface area (Å²) in [7, 11) is -4.46. The molecule has 5 rings (SSSR count). The summed E-state index contributed by atoms with van der Waals surface area (Å²) in [6, 6.07) is 5.09. The van der Waals surface area contributed by atoms with Gasteiger partial charge in [0.25, 0.3) is 10.1 Å². The summed E-state index contributed by atoms with van der Waals surface area (Å²) in [5.74, 6) is -4.20. The van der Waals surface area contributed by atoms with E-state index in [1.807, 2.05) is 0 Å². The Morgan fingerprint density at radius 3 is 2.44 bits per heavy atom. The van der Waals surface area contributed by atoms with Gasteiger partial charge in [0.05, 0.1) is 17.6 Å². The molecule has 3 fully saturated rings. The predicted octanol–water partition coefficient (Wildman–Crippen LogP) is 5.48. The number of Topliss-reactive ketones (excluding diaryl/α,β-unsaturated/α-hetero) is 1. The molecule has 0 radical (unpaired) electrons. The molecule has 45 heavy (non-hydrogen) atoms. The minimum absolute atomic E-state index is 0.0278. The van der Waals surface area contributed by atoms with Crippen molar-refractivity contribution in [2.75, 3.05) is 13.2 Å². The van der Waals surface area contributed by atoms with E-state index in [4.69, 9.17) is 25.3 Å². The van der Waals surface area contributed by atoms with Gasteiger partial charge in [-0.25, -0.2) is 13.6 Å². The first-order valence-electron chi connectivity index (χ1n) is 15.0. The number of hydrogen-bond acceptors (Lipinski definition) is 9. The van der Waals surface area contributed by atoms with Crippen LogP contribution in [0.25, 0.3) is 0 Å². The van der Waals surface area contributed by atoms with Crippen molar-refractivity contribution in [1.82, 2.24) is 0 Å². The van der Waals surface area contributed by atoms with Crippen molar-refractivity contribution in [3.8, 4) is 0 Å². The van der Waals surface area contributed by atoms with Crippen LogP contribution in [0.2, 0.25) is 5.02 Å². The Balaban J connectivity index is 1.56. The maximum Gasteiger partial charge on any atom is 0.509 e. The fourth-order valence-corrected chi connectivity index (χ4v) is 9.64. The number of halogens is 3. The van der Waals surface area contributed by atoms with Gasteiger partial charge in [0, 0.05) is 27.7 Å². The van der Waals surface area contributed by atoms with E-state index in [9.17, 15) is 27.9 Å². The Labute approximate surface area is 266 Å². The van der Waals surface area contributed by atoms with Crippen LogP contribution in [0.4, 0.5) is 13.6 Å². The van der Waals surface area contributed by atoms with Gasteiger partial charge >= 0.3 is 6.16 Å². The molecule has 3 saturated carbocycles. The standard InChI is InChI=1S/C32H37ClF2O9S/c1-5-12-42-28(39)44-32(27(38)17-43-45(40,41)21-8-6-19(33)7-9-21)18(2)13-22-23-15-25(34)24-14-20(36)10-11-29(24,3)31(23,35)26(37)16-30(22,32)4/h6-11,14,18,22-23,25-26,37H,5,12-13,15-17H2,1-4H3/t18-,22+,23+,25+,26+,29+,30+,31+,32+/m1/s1. The third-order valence-corrected chi connectivity index (χ3v) is 12.2. The zero-order chi connectivity index (χ0) is 33.2. The molecule has 4 aliphatic carbocycles. The second-order valence-electron chi connectivity index (χ2n) is 13.0. The number of ether oxygens (including phenoxy) is 2. The number of hydrogen-bond donors (Lipinski definition) is 1. The van der Waals surface area contributed by atoms with Gasteiger partial charge < -0.3 is 14.6 Å². The smallest absolute Gasteiger partial charge is 0.434 e. The van der Waals surface area contributed by atoms with Gasteiger partial charge in [-0.3, -0.25) is 13.8 Å². The highest BCUT2D eigenvalue weighted by Crippen LogP contribution is 2.71. The molecule has 0 spiro atoms. The van der Waals surface area contributed by atoms with Crippen molar-refractivity contribution in [2.24, 2.45) is 28.6 Å². The number of rotatable bonds is 8. The lowest BCUT2D eigenvalue weighted by molar-refractivity contribution is -0.225. The molecule has 0 aliphatic heterocycles. The normalized spacial score (nSPS) is 38.9. The first-order chi connectivity index (χ1) is 21.0. The Hall–Kier alpha value is -2.67. The van der Waals surface area contributed by atoms with Crippen LogP contribution in [-0.4, -0.2) is 68.0 Å². The van der Waals surface area contributed by atoms with Crippen molar-refractivity contribution in [2.45, 2.75) is 81.8 Å². The number of ketones is 2. The average molecular weight is 671 g/mol. The van der Waals surface area contributed by atoms with Gasteiger partial charge in [-0.05, 0) is 80.5 Å². The highest BCUT2D eigenvalue weighted by atomic mass is 35.5. The SMILES string of the molecule is CCCOC(=O)O[C@]1(C(=O)COS(=O)(=O)c2ccc(Cl)cc2)[C@H](C)C[C@H]2[C@@H]3C[C@H](F)C4=CC(=O)C=C[C@]4(C)[C@@]3(F)[C@@H](O)C[C@@]21C. The molecule has 0 saturated heterocycles. The second kappa shape index (κ2) is 11.5. The van der Waals surface area contributed by atoms with Crippen LogP contribution >= 0.6 is 11.6 Å². The Kier molecular flexibility index (Phi) is 8.64. The third kappa shape index (κ3) is 4.98. The first kappa shape index (κ1) is 33.7. The third-order valence-electron chi connectivity index (χ3n) is 10.7. The van der Waals surface area contributed by atoms with E-state index in [1.165, 1.54) is 37.3 Å². The lowest BCUT2D eigenvalue weighted by Gasteiger charge is -2.63. The maximum absolute atomic E-state index is 17.6. The molecule has 0 amide bonds. The molecule has 1 aromatic rings. The molecule has 1 N–H and O–H groups in total. The predicted molar refractivity (Wildman–Crippen MR) is 158 cm³/mol. The summed E-state index contributed by atoms with van der Waals surface area (Å²) in [6.45, 7) is 5.32. The van der Waals surface area contributed by atoms with E-state index < -0.39 is 93.0 Å². The molecule has 0 heterocycles. The van der Waals surface area contributed by atoms with Crippen molar-refractivity contribution >= 4 is 39.4 Å². The first-order valence-corrected chi connectivity index (χ1v) is 16.8. The largest absolute Gasteiger partial charge is 0.509 e. The summed E-state index contributed by atoms with van der Waals surface area (Å²) in [4.78, 5) is 39.2.